The van der Waals surface area contributed by atoms with Gasteiger partial charge in [0.05, 0.1) is 12.1 Å². The van der Waals surface area contributed by atoms with Gasteiger partial charge in [-0.2, -0.15) is 0 Å². The SMILES string of the molecule is CCOC(CC)C(NN)c1cc(Cl)ccc1Cl. The Morgan fingerprint density at radius 2 is 2.06 bits per heavy atom. The molecule has 1 aromatic carbocycles. The van der Waals surface area contributed by atoms with Crippen molar-refractivity contribution in [2.24, 2.45) is 5.84 Å². The highest BCUT2D eigenvalue weighted by Crippen LogP contribution is 2.29. The van der Waals surface area contributed by atoms with Crippen LogP contribution in [-0.4, -0.2) is 12.7 Å². The number of rotatable bonds is 6. The van der Waals surface area contributed by atoms with Gasteiger partial charge in [-0.1, -0.05) is 30.1 Å². The molecule has 0 bridgehead atoms. The number of halogens is 2. The molecular formula is C12H18Cl2N2O. The van der Waals surface area contributed by atoms with Crippen LogP contribution in [-0.2, 0) is 4.74 Å². The van der Waals surface area contributed by atoms with E-state index in [9.17, 15) is 0 Å². The zero-order chi connectivity index (χ0) is 12.8. The van der Waals surface area contributed by atoms with Crippen molar-refractivity contribution in [1.82, 2.24) is 5.43 Å². The van der Waals surface area contributed by atoms with Gasteiger partial charge in [0.1, 0.15) is 0 Å². The minimum Gasteiger partial charge on any atom is -0.376 e. The largest absolute Gasteiger partial charge is 0.376 e. The highest BCUT2D eigenvalue weighted by molar-refractivity contribution is 6.33. The van der Waals surface area contributed by atoms with Crippen molar-refractivity contribution < 1.29 is 4.74 Å². The third-order valence-electron chi connectivity index (χ3n) is 2.63. The first-order valence-corrected chi connectivity index (χ1v) is 6.42. The van der Waals surface area contributed by atoms with Gasteiger partial charge >= 0.3 is 0 Å². The van der Waals surface area contributed by atoms with Crippen LogP contribution in [0.5, 0.6) is 0 Å². The summed E-state index contributed by atoms with van der Waals surface area (Å²) in [6.45, 7) is 4.63. The lowest BCUT2D eigenvalue weighted by Gasteiger charge is -2.26. The molecule has 2 atom stereocenters. The van der Waals surface area contributed by atoms with E-state index < -0.39 is 0 Å². The molecule has 0 radical (unpaired) electrons. The molecular weight excluding hydrogens is 259 g/mol. The predicted molar refractivity (Wildman–Crippen MR) is 72.2 cm³/mol. The van der Waals surface area contributed by atoms with Crippen LogP contribution in [0.1, 0.15) is 31.9 Å². The Bertz CT molecular complexity index is 360. The molecule has 5 heteroatoms. The monoisotopic (exact) mass is 276 g/mol. The summed E-state index contributed by atoms with van der Waals surface area (Å²) in [6.07, 6.45) is 0.812. The van der Waals surface area contributed by atoms with Crippen LogP contribution in [0, 0.1) is 0 Å². The first kappa shape index (κ1) is 14.7. The molecule has 1 aromatic rings. The van der Waals surface area contributed by atoms with E-state index in [4.69, 9.17) is 33.8 Å². The van der Waals surface area contributed by atoms with E-state index in [0.717, 1.165) is 12.0 Å². The Labute approximate surface area is 112 Å². The van der Waals surface area contributed by atoms with Gasteiger partial charge < -0.3 is 4.74 Å². The third kappa shape index (κ3) is 3.83. The summed E-state index contributed by atoms with van der Waals surface area (Å²) >= 11 is 12.1. The van der Waals surface area contributed by atoms with Gasteiger partial charge in [-0.3, -0.25) is 11.3 Å². The van der Waals surface area contributed by atoms with E-state index in [1.807, 2.05) is 19.9 Å². The number of nitrogens with two attached hydrogens (primary N) is 1. The normalized spacial score (nSPS) is 14.6. The van der Waals surface area contributed by atoms with Gasteiger partial charge in [0.2, 0.25) is 0 Å². The second-order valence-corrected chi connectivity index (χ2v) is 4.56. The number of ether oxygens (including phenoxy) is 1. The van der Waals surface area contributed by atoms with Gasteiger partial charge in [0, 0.05) is 16.7 Å². The van der Waals surface area contributed by atoms with E-state index in [1.165, 1.54) is 0 Å². The van der Waals surface area contributed by atoms with Crippen molar-refractivity contribution in [1.29, 1.82) is 0 Å². The fourth-order valence-electron chi connectivity index (χ4n) is 1.81. The van der Waals surface area contributed by atoms with E-state index in [-0.39, 0.29) is 12.1 Å². The van der Waals surface area contributed by atoms with Crippen molar-refractivity contribution in [3.05, 3.63) is 33.8 Å². The van der Waals surface area contributed by atoms with Crippen LogP contribution >= 0.6 is 23.2 Å². The average molecular weight is 277 g/mol. The first-order valence-electron chi connectivity index (χ1n) is 5.66. The molecule has 0 saturated heterocycles. The Morgan fingerprint density at radius 1 is 1.35 bits per heavy atom. The van der Waals surface area contributed by atoms with Gasteiger partial charge in [-0.05, 0) is 37.1 Å². The maximum atomic E-state index is 6.16. The Hall–Kier alpha value is -0.320. The lowest BCUT2D eigenvalue weighted by molar-refractivity contribution is 0.0314. The minimum atomic E-state index is -0.161. The van der Waals surface area contributed by atoms with Gasteiger partial charge in [0.15, 0.2) is 0 Å². The first-order chi connectivity index (χ1) is 8.13. The maximum Gasteiger partial charge on any atom is 0.0780 e. The second kappa shape index (κ2) is 7.19. The van der Waals surface area contributed by atoms with Gasteiger partial charge in [-0.15, -0.1) is 0 Å². The molecule has 1 rings (SSSR count). The van der Waals surface area contributed by atoms with Crippen LogP contribution < -0.4 is 11.3 Å². The molecule has 0 aliphatic carbocycles. The molecule has 3 N–H and O–H groups in total. The van der Waals surface area contributed by atoms with Crippen molar-refractivity contribution in [3.8, 4) is 0 Å². The summed E-state index contributed by atoms with van der Waals surface area (Å²) in [6, 6.07) is 5.17. The molecule has 0 saturated carbocycles. The van der Waals surface area contributed by atoms with Crippen LogP contribution in [0.25, 0.3) is 0 Å². The zero-order valence-electron chi connectivity index (χ0n) is 10.0. The quantitative estimate of drug-likeness (QED) is 0.619. The molecule has 0 aliphatic heterocycles. The number of benzene rings is 1. The van der Waals surface area contributed by atoms with E-state index >= 15 is 0 Å². The molecule has 17 heavy (non-hydrogen) atoms. The van der Waals surface area contributed by atoms with Crippen molar-refractivity contribution >= 4 is 23.2 Å². The van der Waals surface area contributed by atoms with Crippen molar-refractivity contribution in [2.45, 2.75) is 32.4 Å². The highest BCUT2D eigenvalue weighted by atomic mass is 35.5. The molecule has 0 aliphatic rings. The smallest absolute Gasteiger partial charge is 0.0780 e. The highest BCUT2D eigenvalue weighted by Gasteiger charge is 2.23. The third-order valence-corrected chi connectivity index (χ3v) is 3.21. The molecule has 0 aromatic heterocycles. The molecule has 3 nitrogen and oxygen atoms in total. The Morgan fingerprint density at radius 3 is 2.59 bits per heavy atom. The fourth-order valence-corrected chi connectivity index (χ4v) is 2.23. The van der Waals surface area contributed by atoms with Crippen LogP contribution in [0.2, 0.25) is 10.0 Å². The van der Waals surface area contributed by atoms with E-state index in [0.29, 0.717) is 16.7 Å². The molecule has 0 heterocycles. The summed E-state index contributed by atoms with van der Waals surface area (Å²) in [5, 5.41) is 1.27. The molecule has 2 unspecified atom stereocenters. The van der Waals surface area contributed by atoms with Gasteiger partial charge in [-0.25, -0.2) is 0 Å². The van der Waals surface area contributed by atoms with Crippen LogP contribution in [0.4, 0.5) is 0 Å². The number of hydrogen-bond donors (Lipinski definition) is 2. The summed E-state index contributed by atoms with van der Waals surface area (Å²) in [4.78, 5) is 0. The van der Waals surface area contributed by atoms with Gasteiger partial charge in [0.25, 0.3) is 0 Å². The number of hydrazine groups is 1. The predicted octanol–water partition coefficient (Wildman–Crippen LogP) is 3.31. The summed E-state index contributed by atoms with van der Waals surface area (Å²) < 4.78 is 5.65. The van der Waals surface area contributed by atoms with Crippen molar-refractivity contribution in [3.63, 3.8) is 0 Å². The topological polar surface area (TPSA) is 47.3 Å². The lowest BCUT2D eigenvalue weighted by atomic mass is 10.00. The Balaban J connectivity index is 3.02. The zero-order valence-corrected chi connectivity index (χ0v) is 11.6. The molecule has 0 spiro atoms. The second-order valence-electron chi connectivity index (χ2n) is 3.71. The summed E-state index contributed by atoms with van der Waals surface area (Å²) in [5.41, 5.74) is 3.62. The Kier molecular flexibility index (Phi) is 6.23. The van der Waals surface area contributed by atoms with Crippen LogP contribution in [0.15, 0.2) is 18.2 Å². The molecule has 0 amide bonds. The summed E-state index contributed by atoms with van der Waals surface area (Å²) in [7, 11) is 0. The standard InChI is InChI=1S/C12H18Cl2N2O/c1-3-11(17-4-2)12(16-15)9-7-8(13)5-6-10(9)14/h5-7,11-12,16H,3-4,15H2,1-2H3. The van der Waals surface area contributed by atoms with E-state index in [2.05, 4.69) is 5.43 Å². The molecule has 0 fully saturated rings. The minimum absolute atomic E-state index is 0.0269. The number of hydrogen-bond acceptors (Lipinski definition) is 3. The molecule has 96 valence electrons. The number of nitrogens with one attached hydrogen (secondary N) is 1. The maximum absolute atomic E-state index is 6.16. The average Bonchev–Trinajstić information content (AvgIpc) is 2.33. The lowest BCUT2D eigenvalue weighted by Crippen LogP contribution is -2.38. The fraction of sp³-hybridized carbons (Fsp3) is 0.500. The van der Waals surface area contributed by atoms with E-state index in [1.54, 1.807) is 12.1 Å². The summed E-state index contributed by atoms with van der Waals surface area (Å²) in [5.74, 6) is 5.60. The van der Waals surface area contributed by atoms with Crippen LogP contribution in [0.3, 0.4) is 0 Å². The van der Waals surface area contributed by atoms with Crippen molar-refractivity contribution in [2.75, 3.05) is 6.61 Å².